The molecule has 6 heteroatoms. The van der Waals surface area contributed by atoms with E-state index in [1.807, 2.05) is 12.1 Å². The van der Waals surface area contributed by atoms with Crippen LogP contribution < -0.4 is 4.74 Å². The van der Waals surface area contributed by atoms with Gasteiger partial charge in [-0.15, -0.1) is 11.8 Å². The third kappa shape index (κ3) is 3.74. The molecule has 2 heterocycles. The molecular weight excluding hydrogens is 334 g/mol. The van der Waals surface area contributed by atoms with Gasteiger partial charge in [0.05, 0.1) is 16.5 Å². The molecule has 0 unspecified atom stereocenters. The van der Waals surface area contributed by atoms with E-state index in [4.69, 9.17) is 16.3 Å². The Hall–Kier alpha value is -1.85. The maximum absolute atomic E-state index is 12.3. The van der Waals surface area contributed by atoms with Crippen LogP contribution >= 0.6 is 23.4 Å². The zero-order valence-corrected chi connectivity index (χ0v) is 13.8. The van der Waals surface area contributed by atoms with E-state index >= 15 is 0 Å². The topological polar surface area (TPSA) is 56.3 Å². The minimum Gasteiger partial charge on any atom is -0.492 e. The van der Waals surface area contributed by atoms with Crippen LogP contribution in [-0.2, 0) is 0 Å². The Balaban J connectivity index is 1.66. The Morgan fingerprint density at radius 3 is 2.87 bits per heavy atom. The van der Waals surface area contributed by atoms with Gasteiger partial charge in [-0.25, -0.2) is 0 Å². The number of rotatable bonds is 5. The lowest BCUT2D eigenvalue weighted by molar-refractivity contribution is 0.0915. The fraction of sp³-hybridized carbons (Fsp3) is 0.235. The van der Waals surface area contributed by atoms with Gasteiger partial charge in [0.25, 0.3) is 0 Å². The number of ether oxygens (including phenoxy) is 1. The lowest BCUT2D eigenvalue weighted by atomic mass is 10.0. The van der Waals surface area contributed by atoms with E-state index in [-0.39, 0.29) is 30.1 Å². The molecule has 0 fully saturated rings. The summed E-state index contributed by atoms with van der Waals surface area (Å²) in [7, 11) is 0. The molecule has 0 N–H and O–H groups in total. The van der Waals surface area contributed by atoms with Gasteiger partial charge in [-0.1, -0.05) is 11.6 Å². The largest absolute Gasteiger partial charge is 0.492 e. The van der Waals surface area contributed by atoms with Crippen molar-refractivity contribution in [2.45, 2.75) is 17.7 Å². The predicted molar refractivity (Wildman–Crippen MR) is 89.8 cm³/mol. The van der Waals surface area contributed by atoms with Crippen molar-refractivity contribution in [1.82, 2.24) is 4.98 Å². The molecule has 1 aromatic heterocycles. The van der Waals surface area contributed by atoms with Crippen LogP contribution in [0.4, 0.5) is 0 Å². The third-order valence-electron chi connectivity index (χ3n) is 3.47. The number of hydrogen-bond acceptors (Lipinski definition) is 5. The Morgan fingerprint density at radius 2 is 2.04 bits per heavy atom. The average molecular weight is 348 g/mol. The molecule has 0 radical (unpaired) electrons. The van der Waals surface area contributed by atoms with E-state index in [0.29, 0.717) is 17.2 Å². The van der Waals surface area contributed by atoms with E-state index < -0.39 is 0 Å². The Bertz CT molecular complexity index is 763. The number of fused-ring (bicyclic) bond motifs is 1. The molecule has 0 atom stereocenters. The average Bonchev–Trinajstić information content (AvgIpc) is 2.59. The summed E-state index contributed by atoms with van der Waals surface area (Å²) in [4.78, 5) is 29.4. The summed E-state index contributed by atoms with van der Waals surface area (Å²) in [5.74, 6) is 1.40. The van der Waals surface area contributed by atoms with Crippen LogP contribution in [0.3, 0.4) is 0 Å². The number of pyridine rings is 1. The number of nitrogens with zero attached hydrogens (tertiary/aromatic N) is 1. The normalized spacial score (nSPS) is 13.1. The van der Waals surface area contributed by atoms with Crippen molar-refractivity contribution < 1.29 is 14.3 Å². The monoisotopic (exact) mass is 347 g/mol. The summed E-state index contributed by atoms with van der Waals surface area (Å²) in [6.45, 7) is 0.685. The molecule has 0 aliphatic carbocycles. The molecular formula is C17H14ClNO3S. The van der Waals surface area contributed by atoms with Crippen molar-refractivity contribution in [2.75, 3.05) is 12.4 Å². The van der Waals surface area contributed by atoms with Crippen molar-refractivity contribution in [3.05, 3.63) is 52.8 Å². The highest BCUT2D eigenvalue weighted by molar-refractivity contribution is 7.99. The molecule has 3 rings (SSSR count). The van der Waals surface area contributed by atoms with Crippen molar-refractivity contribution in [1.29, 1.82) is 0 Å². The zero-order chi connectivity index (χ0) is 16.2. The Labute approximate surface area is 143 Å². The molecule has 0 amide bonds. The number of aromatic nitrogens is 1. The number of halogens is 1. The number of carbonyl (C=O) groups is 2. The van der Waals surface area contributed by atoms with Gasteiger partial charge in [0.2, 0.25) is 0 Å². The highest BCUT2D eigenvalue weighted by atomic mass is 35.5. The molecule has 4 nitrogen and oxygen atoms in total. The lowest BCUT2D eigenvalue weighted by Crippen LogP contribution is -2.09. The smallest absolute Gasteiger partial charge is 0.183 e. The summed E-state index contributed by atoms with van der Waals surface area (Å²) < 4.78 is 5.52. The number of benzene rings is 1. The fourth-order valence-electron chi connectivity index (χ4n) is 2.30. The van der Waals surface area contributed by atoms with E-state index in [9.17, 15) is 9.59 Å². The van der Waals surface area contributed by atoms with E-state index in [1.165, 1.54) is 6.20 Å². The summed E-state index contributed by atoms with van der Waals surface area (Å²) in [6.07, 6.45) is 1.74. The summed E-state index contributed by atoms with van der Waals surface area (Å²) in [5.41, 5.74) is 0.818. The number of ketones is 2. The molecule has 1 aliphatic rings. The number of thioether (sulfide) groups is 1. The van der Waals surface area contributed by atoms with Crippen LogP contribution in [0.1, 0.15) is 33.7 Å². The third-order valence-corrected chi connectivity index (χ3v) is 4.77. The second-order valence-corrected chi connectivity index (χ2v) is 6.58. The second kappa shape index (κ2) is 7.15. The maximum atomic E-state index is 12.3. The van der Waals surface area contributed by atoms with Crippen molar-refractivity contribution >= 4 is 34.9 Å². The number of carbonyl (C=O) groups excluding carboxylic acids is 2. The van der Waals surface area contributed by atoms with Gasteiger partial charge in [0.15, 0.2) is 11.6 Å². The van der Waals surface area contributed by atoms with Crippen LogP contribution in [-0.4, -0.2) is 28.9 Å². The molecule has 0 spiro atoms. The van der Waals surface area contributed by atoms with Crippen molar-refractivity contribution in [3.63, 3.8) is 0 Å². The van der Waals surface area contributed by atoms with Gasteiger partial charge < -0.3 is 4.74 Å². The van der Waals surface area contributed by atoms with Crippen LogP contribution in [0.25, 0.3) is 0 Å². The van der Waals surface area contributed by atoms with Crippen LogP contribution in [0.2, 0.25) is 5.02 Å². The Morgan fingerprint density at radius 1 is 1.22 bits per heavy atom. The number of hydrogen-bond donors (Lipinski definition) is 0. The van der Waals surface area contributed by atoms with Crippen LogP contribution in [0.15, 0.2) is 41.4 Å². The minimum absolute atomic E-state index is 0.0700. The lowest BCUT2D eigenvalue weighted by Gasteiger charge is -2.17. The molecule has 1 aliphatic heterocycles. The molecule has 2 aromatic rings. The first-order chi connectivity index (χ1) is 11.1. The van der Waals surface area contributed by atoms with Gasteiger partial charge >= 0.3 is 0 Å². The maximum Gasteiger partial charge on any atom is 0.183 e. The van der Waals surface area contributed by atoms with Crippen molar-refractivity contribution in [2.24, 2.45) is 0 Å². The van der Waals surface area contributed by atoms with Crippen LogP contribution in [0, 0.1) is 0 Å². The first kappa shape index (κ1) is 16.0. The van der Waals surface area contributed by atoms with E-state index in [1.54, 1.807) is 30.0 Å². The second-order valence-electron chi connectivity index (χ2n) is 5.04. The van der Waals surface area contributed by atoms with Crippen LogP contribution in [0.5, 0.6) is 5.75 Å². The molecule has 0 bridgehead atoms. The molecule has 23 heavy (non-hydrogen) atoms. The Kier molecular flexibility index (Phi) is 4.98. The molecule has 0 saturated carbocycles. The summed E-state index contributed by atoms with van der Waals surface area (Å²) in [6, 6.07) is 8.67. The SMILES string of the molecule is O=C(CCC(=O)c1ncccc1Cl)c1ccc2c(c1)SCCO2. The fourth-order valence-corrected chi connectivity index (χ4v) is 3.39. The van der Waals surface area contributed by atoms with Gasteiger partial charge in [-0.05, 0) is 30.3 Å². The zero-order valence-electron chi connectivity index (χ0n) is 12.3. The molecule has 118 valence electrons. The van der Waals surface area contributed by atoms with Crippen molar-refractivity contribution in [3.8, 4) is 5.75 Å². The standard InChI is InChI=1S/C17H14ClNO3S/c18-12-2-1-7-19-17(12)14(21)5-4-13(20)11-3-6-15-16(10-11)23-9-8-22-15/h1-3,6-7,10H,4-5,8-9H2. The summed E-state index contributed by atoms with van der Waals surface area (Å²) >= 11 is 7.62. The molecule has 1 aromatic carbocycles. The number of Topliss-reactive ketones (excluding diaryl/α,β-unsaturated/α-hetero) is 2. The van der Waals surface area contributed by atoms with Gasteiger partial charge in [-0.3, -0.25) is 14.6 Å². The predicted octanol–water partition coefficient (Wildman–Crippen LogP) is 4.07. The van der Waals surface area contributed by atoms with Gasteiger partial charge in [0, 0.05) is 30.4 Å². The van der Waals surface area contributed by atoms with E-state index in [2.05, 4.69) is 4.98 Å². The quantitative estimate of drug-likeness (QED) is 0.763. The van der Waals surface area contributed by atoms with E-state index in [0.717, 1.165) is 16.4 Å². The van der Waals surface area contributed by atoms with Gasteiger partial charge in [-0.2, -0.15) is 0 Å². The summed E-state index contributed by atoms with van der Waals surface area (Å²) in [5, 5.41) is 0.312. The highest BCUT2D eigenvalue weighted by Gasteiger charge is 2.17. The highest BCUT2D eigenvalue weighted by Crippen LogP contribution is 2.34. The van der Waals surface area contributed by atoms with Gasteiger partial charge in [0.1, 0.15) is 11.4 Å². The minimum atomic E-state index is -0.223. The first-order valence-electron chi connectivity index (χ1n) is 7.22. The molecule has 0 saturated heterocycles. The first-order valence-corrected chi connectivity index (χ1v) is 8.58.